The first-order valence-electron chi connectivity index (χ1n) is 15.1. The molecule has 0 unspecified atom stereocenters. The fourth-order valence-corrected chi connectivity index (χ4v) is 10.9. The van der Waals surface area contributed by atoms with Gasteiger partial charge in [0.2, 0.25) is 10.0 Å². The number of rotatable bonds is 10. The molecular formula is C31H48N2O6SSi. The van der Waals surface area contributed by atoms with Crippen LogP contribution < -0.4 is 0 Å². The Balaban J connectivity index is 1.66. The lowest BCUT2D eigenvalue weighted by Gasteiger charge is -2.62. The van der Waals surface area contributed by atoms with Gasteiger partial charge in [0, 0.05) is 18.5 Å². The zero-order valence-electron chi connectivity index (χ0n) is 25.6. The second-order valence-corrected chi connectivity index (χ2v) is 21.0. The summed E-state index contributed by atoms with van der Waals surface area (Å²) in [5.41, 5.74) is -0.634. The molecule has 1 spiro atoms. The van der Waals surface area contributed by atoms with Gasteiger partial charge < -0.3 is 14.3 Å². The molecule has 1 saturated carbocycles. The van der Waals surface area contributed by atoms with E-state index in [0.717, 1.165) is 18.4 Å². The molecule has 0 aromatic heterocycles. The summed E-state index contributed by atoms with van der Waals surface area (Å²) in [6, 6.07) is 6.34. The average Bonchev–Trinajstić information content (AvgIpc) is 3.30. The summed E-state index contributed by atoms with van der Waals surface area (Å²) in [6.45, 7) is 17.7. The highest BCUT2D eigenvalue weighted by Gasteiger charge is 2.78. The van der Waals surface area contributed by atoms with Gasteiger partial charge in [0.1, 0.15) is 5.54 Å². The van der Waals surface area contributed by atoms with Crippen LogP contribution in [-0.4, -0.2) is 81.1 Å². The Bertz CT molecular complexity index is 1280. The van der Waals surface area contributed by atoms with Crippen LogP contribution in [0, 0.1) is 24.2 Å². The zero-order chi connectivity index (χ0) is 30.0. The highest BCUT2D eigenvalue weighted by molar-refractivity contribution is 7.89. The molecule has 1 N–H and O–H groups in total. The number of aliphatic hydroxyl groups is 1. The highest BCUT2D eigenvalue weighted by Crippen LogP contribution is 2.65. The lowest BCUT2D eigenvalue weighted by atomic mass is 9.51. The second-order valence-electron chi connectivity index (χ2n) is 14.3. The van der Waals surface area contributed by atoms with Crippen LogP contribution in [0.1, 0.15) is 58.4 Å². The molecule has 0 radical (unpaired) electrons. The number of hydrogen-bond acceptors (Lipinski definition) is 6. The third kappa shape index (κ3) is 4.63. The number of carbonyl (C=O) groups excluding carboxylic acids is 1. The fraction of sp³-hybridized carbons (Fsp3) is 0.710. The van der Waals surface area contributed by atoms with Crippen molar-refractivity contribution in [1.82, 2.24) is 9.21 Å². The van der Waals surface area contributed by atoms with Crippen molar-refractivity contribution in [2.75, 3.05) is 26.3 Å². The van der Waals surface area contributed by atoms with Crippen LogP contribution in [0.3, 0.4) is 0 Å². The van der Waals surface area contributed by atoms with Crippen LogP contribution >= 0.6 is 0 Å². The first-order chi connectivity index (χ1) is 19.2. The monoisotopic (exact) mass is 604 g/mol. The van der Waals surface area contributed by atoms with Crippen LogP contribution in [0.15, 0.2) is 41.8 Å². The number of aliphatic hydroxyl groups excluding tert-OH is 1. The average molecular weight is 605 g/mol. The maximum atomic E-state index is 14.5. The number of benzene rings is 1. The predicted molar refractivity (Wildman–Crippen MR) is 161 cm³/mol. The van der Waals surface area contributed by atoms with Crippen molar-refractivity contribution in [2.24, 2.45) is 17.3 Å². The Morgan fingerprint density at radius 2 is 1.93 bits per heavy atom. The molecule has 1 aromatic rings. The number of piperidine rings is 1. The molecule has 3 aliphatic heterocycles. The summed E-state index contributed by atoms with van der Waals surface area (Å²) in [5.74, 6) is 0.255. The quantitative estimate of drug-likeness (QED) is 0.221. The first kappa shape index (κ1) is 30.7. The molecule has 4 fully saturated rings. The lowest BCUT2D eigenvalue weighted by molar-refractivity contribution is -0.135. The maximum absolute atomic E-state index is 14.5. The number of hydrogen-bond donors (Lipinski definition) is 1. The molecule has 5 rings (SSSR count). The molecule has 228 valence electrons. The van der Waals surface area contributed by atoms with Crippen molar-refractivity contribution in [1.29, 1.82) is 0 Å². The number of aryl methyl sites for hydroxylation is 1. The molecule has 1 aliphatic carbocycles. The molecule has 4 bridgehead atoms. The van der Waals surface area contributed by atoms with E-state index in [2.05, 4.69) is 40.4 Å². The minimum Gasteiger partial charge on any atom is -0.441 e. The van der Waals surface area contributed by atoms with Crippen LogP contribution in [0.25, 0.3) is 0 Å². The predicted octanol–water partition coefficient (Wildman–Crippen LogP) is 5.32. The number of allylic oxidation sites excluding steroid dienone is 1. The molecular weight excluding hydrogens is 557 g/mol. The Morgan fingerprint density at radius 1 is 1.24 bits per heavy atom. The molecule has 6 atom stereocenters. The van der Waals surface area contributed by atoms with Crippen LogP contribution in [-0.2, 0) is 19.2 Å². The van der Waals surface area contributed by atoms with Gasteiger partial charge in [0.05, 0.1) is 24.2 Å². The molecule has 1 amide bonds. The van der Waals surface area contributed by atoms with Crippen molar-refractivity contribution in [3.63, 3.8) is 0 Å². The second kappa shape index (κ2) is 10.5. The largest absolute Gasteiger partial charge is 0.441 e. The summed E-state index contributed by atoms with van der Waals surface area (Å²) in [7, 11) is -6.14. The SMILES string of the molecule is C=CCCC[C@@]1(CO)C[C@H]2CN3C(=O)O[C@H](CO[Si](C)(C)C(C)(C)C)[C@@]34[C@@H]2CCN(S(=O)(=O)c2ccc(C)cc2)[C@@H]14. The lowest BCUT2D eigenvalue weighted by Crippen LogP contribution is -2.76. The van der Waals surface area contributed by atoms with Gasteiger partial charge in [-0.25, -0.2) is 13.2 Å². The van der Waals surface area contributed by atoms with Gasteiger partial charge >= 0.3 is 6.09 Å². The first-order valence-corrected chi connectivity index (χ1v) is 19.4. The third-order valence-corrected chi connectivity index (χ3v) is 17.5. The van der Waals surface area contributed by atoms with Gasteiger partial charge in [-0.3, -0.25) is 4.90 Å². The van der Waals surface area contributed by atoms with Crippen molar-refractivity contribution >= 4 is 24.4 Å². The minimum absolute atomic E-state index is 0.0338. The summed E-state index contributed by atoms with van der Waals surface area (Å²) >= 11 is 0. The Kier molecular flexibility index (Phi) is 7.85. The molecule has 8 nitrogen and oxygen atoms in total. The van der Waals surface area contributed by atoms with Crippen molar-refractivity contribution in [3.8, 4) is 0 Å². The highest BCUT2D eigenvalue weighted by atomic mass is 32.2. The number of nitrogens with zero attached hydrogens (tertiary/aromatic N) is 2. The van der Waals surface area contributed by atoms with E-state index in [1.165, 1.54) is 0 Å². The summed E-state index contributed by atoms with van der Waals surface area (Å²) < 4.78 is 43.5. The molecule has 1 aromatic carbocycles. The molecule has 41 heavy (non-hydrogen) atoms. The fourth-order valence-electron chi connectivity index (χ4n) is 8.12. The van der Waals surface area contributed by atoms with E-state index in [9.17, 15) is 18.3 Å². The minimum atomic E-state index is -3.94. The van der Waals surface area contributed by atoms with E-state index in [0.29, 0.717) is 32.4 Å². The zero-order valence-corrected chi connectivity index (χ0v) is 27.4. The Morgan fingerprint density at radius 3 is 2.54 bits per heavy atom. The number of carbonyl (C=O) groups is 1. The molecule has 3 saturated heterocycles. The van der Waals surface area contributed by atoms with Gasteiger partial charge in [0.25, 0.3) is 0 Å². The van der Waals surface area contributed by atoms with Gasteiger partial charge in [-0.05, 0) is 81.1 Å². The maximum Gasteiger partial charge on any atom is 0.410 e. The molecule has 4 aliphatic rings. The van der Waals surface area contributed by atoms with Crippen LogP contribution in [0.5, 0.6) is 0 Å². The summed E-state index contributed by atoms with van der Waals surface area (Å²) in [5, 5.41) is 11.2. The number of amides is 1. The van der Waals surface area contributed by atoms with E-state index in [1.807, 2.05) is 30.0 Å². The molecule has 3 heterocycles. The smallest absolute Gasteiger partial charge is 0.410 e. The van der Waals surface area contributed by atoms with E-state index >= 15 is 0 Å². The summed E-state index contributed by atoms with van der Waals surface area (Å²) in [6.07, 6.45) is 4.38. The van der Waals surface area contributed by atoms with Gasteiger partial charge in [-0.1, -0.05) is 44.5 Å². The van der Waals surface area contributed by atoms with E-state index in [-0.39, 0.29) is 41.1 Å². The normalized spacial score (nSPS) is 33.5. The van der Waals surface area contributed by atoms with E-state index in [4.69, 9.17) is 9.16 Å². The number of sulfonamides is 1. The third-order valence-electron chi connectivity index (χ3n) is 11.1. The van der Waals surface area contributed by atoms with Crippen LogP contribution in [0.2, 0.25) is 18.1 Å². The number of ether oxygens (including phenoxy) is 1. The summed E-state index contributed by atoms with van der Waals surface area (Å²) in [4.78, 5) is 15.7. The van der Waals surface area contributed by atoms with E-state index in [1.54, 1.807) is 16.4 Å². The van der Waals surface area contributed by atoms with Crippen molar-refractivity contribution < 1.29 is 27.5 Å². The number of cyclic esters (lactones) is 1. The van der Waals surface area contributed by atoms with Crippen molar-refractivity contribution in [3.05, 3.63) is 42.5 Å². The van der Waals surface area contributed by atoms with Crippen molar-refractivity contribution in [2.45, 2.75) is 101 Å². The number of unbranched alkanes of at least 4 members (excludes halogenated alkanes) is 1. The van der Waals surface area contributed by atoms with Gasteiger partial charge in [-0.2, -0.15) is 4.31 Å². The Labute approximate surface area is 247 Å². The van der Waals surface area contributed by atoms with Gasteiger partial charge in [0.15, 0.2) is 14.4 Å². The topological polar surface area (TPSA) is 96.4 Å². The van der Waals surface area contributed by atoms with Crippen LogP contribution in [0.4, 0.5) is 4.79 Å². The van der Waals surface area contributed by atoms with E-state index < -0.39 is 41.4 Å². The standard InChI is InChI=1S/C31H48N2O6SSi/c1-8-9-10-16-30(21-34)18-23-19-32-28(35)39-26(20-38-41(6,7)29(3,4)5)31(32)25(23)15-17-33(27(30)31)40(36,37)24-13-11-22(2)12-14-24/h8,11-14,23,25-27,34H,1,9-10,15-21H2,2-7H3/t23-,25+,26+,27-,30-,31+/m0/s1. The molecule has 10 heteroatoms. The van der Waals surface area contributed by atoms with Gasteiger partial charge in [-0.15, -0.1) is 6.58 Å². The Hall–Kier alpha value is -1.72.